The fourth-order valence-corrected chi connectivity index (χ4v) is 4.29. The van der Waals surface area contributed by atoms with Crippen molar-refractivity contribution in [1.82, 2.24) is 9.55 Å². The highest BCUT2D eigenvalue weighted by Crippen LogP contribution is 2.35. The molecule has 0 spiro atoms. The van der Waals surface area contributed by atoms with Crippen LogP contribution in [-0.2, 0) is 27.3 Å². The van der Waals surface area contributed by atoms with Crippen LogP contribution in [0.2, 0.25) is 0 Å². The SMILES string of the molecule is CCC(OC(=O)CCN)c1cc2n(c(=O)c1C)Cc1cc3c(CC(=O)O)cccc3nc1-2. The standard InChI is InChI=1S/C24H25N3O5/c1-3-20(32-22(30)7-8-25)16-11-19-23-15(12-27(19)24(31)13(16)2)9-17-14(10-21(28)29)5-4-6-18(17)26-23/h4-6,9,11,20H,3,7-8,10,12,25H2,1-2H3,(H,28,29). The molecule has 166 valence electrons. The smallest absolute Gasteiger partial charge is 0.307 e. The van der Waals surface area contributed by atoms with Crippen LogP contribution in [-0.4, -0.2) is 33.1 Å². The van der Waals surface area contributed by atoms with Crippen LogP contribution in [0, 0.1) is 6.92 Å². The molecule has 0 saturated carbocycles. The molecule has 8 nitrogen and oxygen atoms in total. The molecule has 0 bridgehead atoms. The molecule has 1 unspecified atom stereocenters. The largest absolute Gasteiger partial charge is 0.481 e. The minimum Gasteiger partial charge on any atom is -0.481 e. The molecule has 3 N–H and O–H groups in total. The Balaban J connectivity index is 1.83. The first-order chi connectivity index (χ1) is 15.3. The average Bonchev–Trinajstić information content (AvgIpc) is 3.11. The average molecular weight is 435 g/mol. The molecular formula is C24H25N3O5. The number of pyridine rings is 2. The van der Waals surface area contributed by atoms with Crippen LogP contribution >= 0.6 is 0 Å². The predicted molar refractivity (Wildman–Crippen MR) is 119 cm³/mol. The van der Waals surface area contributed by atoms with Gasteiger partial charge in [0.25, 0.3) is 5.56 Å². The molecule has 1 aromatic carbocycles. The Morgan fingerprint density at radius 1 is 1.31 bits per heavy atom. The van der Waals surface area contributed by atoms with Crippen LogP contribution < -0.4 is 11.3 Å². The summed E-state index contributed by atoms with van der Waals surface area (Å²) in [5.41, 5.74) is 10.1. The van der Waals surface area contributed by atoms with Crippen molar-refractivity contribution in [3.63, 3.8) is 0 Å². The molecule has 3 heterocycles. The fourth-order valence-electron chi connectivity index (χ4n) is 4.29. The Bertz CT molecular complexity index is 1300. The van der Waals surface area contributed by atoms with Crippen molar-refractivity contribution in [2.24, 2.45) is 5.73 Å². The lowest BCUT2D eigenvalue weighted by Gasteiger charge is -2.20. The molecule has 3 aromatic rings. The van der Waals surface area contributed by atoms with Crippen molar-refractivity contribution in [2.75, 3.05) is 6.54 Å². The number of hydrogen-bond acceptors (Lipinski definition) is 6. The van der Waals surface area contributed by atoms with Crippen LogP contribution in [0.25, 0.3) is 22.3 Å². The van der Waals surface area contributed by atoms with Gasteiger partial charge < -0.3 is 20.1 Å². The van der Waals surface area contributed by atoms with Gasteiger partial charge in [0.1, 0.15) is 6.10 Å². The van der Waals surface area contributed by atoms with E-state index in [4.69, 9.17) is 15.5 Å². The van der Waals surface area contributed by atoms with Crippen molar-refractivity contribution < 1.29 is 19.4 Å². The third-order valence-corrected chi connectivity index (χ3v) is 5.86. The van der Waals surface area contributed by atoms with Gasteiger partial charge in [0.2, 0.25) is 0 Å². The highest BCUT2D eigenvalue weighted by atomic mass is 16.5. The first-order valence-corrected chi connectivity index (χ1v) is 10.6. The summed E-state index contributed by atoms with van der Waals surface area (Å²) < 4.78 is 7.26. The van der Waals surface area contributed by atoms with Gasteiger partial charge in [-0.3, -0.25) is 14.4 Å². The number of ether oxygens (including phenoxy) is 1. The van der Waals surface area contributed by atoms with Crippen LogP contribution in [0.5, 0.6) is 0 Å². The Kier molecular flexibility index (Phi) is 5.80. The lowest BCUT2D eigenvalue weighted by molar-refractivity contribution is -0.149. The number of nitrogens with zero attached hydrogens (tertiary/aromatic N) is 2. The Labute approximate surface area is 184 Å². The highest BCUT2D eigenvalue weighted by Gasteiger charge is 2.27. The molecule has 1 aliphatic rings. The van der Waals surface area contributed by atoms with Crippen molar-refractivity contribution in [3.05, 3.63) is 62.9 Å². The topological polar surface area (TPSA) is 125 Å². The molecule has 4 rings (SSSR count). The van der Waals surface area contributed by atoms with E-state index in [0.717, 1.165) is 10.9 Å². The number of aromatic nitrogens is 2. The van der Waals surface area contributed by atoms with E-state index in [1.165, 1.54) is 0 Å². The first-order valence-electron chi connectivity index (χ1n) is 10.6. The Hall–Kier alpha value is -3.52. The molecular weight excluding hydrogens is 410 g/mol. The normalized spacial score (nSPS) is 13.0. The van der Waals surface area contributed by atoms with Crippen molar-refractivity contribution in [1.29, 1.82) is 0 Å². The highest BCUT2D eigenvalue weighted by molar-refractivity contribution is 5.89. The molecule has 8 heteroatoms. The summed E-state index contributed by atoms with van der Waals surface area (Å²) >= 11 is 0. The number of benzene rings is 1. The molecule has 1 atom stereocenters. The number of rotatable bonds is 7. The number of nitrogens with two attached hydrogens (primary N) is 1. The van der Waals surface area contributed by atoms with E-state index in [1.807, 2.05) is 25.1 Å². The minimum atomic E-state index is -0.910. The van der Waals surface area contributed by atoms with Gasteiger partial charge in [-0.05, 0) is 37.1 Å². The summed E-state index contributed by atoms with van der Waals surface area (Å²) in [5, 5.41) is 9.99. The molecule has 2 aromatic heterocycles. The van der Waals surface area contributed by atoms with Crippen molar-refractivity contribution in [2.45, 2.75) is 45.8 Å². The van der Waals surface area contributed by atoms with Crippen LogP contribution in [0.3, 0.4) is 0 Å². The maximum Gasteiger partial charge on any atom is 0.307 e. The van der Waals surface area contributed by atoms with Crippen LogP contribution in [0.15, 0.2) is 35.1 Å². The van der Waals surface area contributed by atoms with E-state index >= 15 is 0 Å². The number of aliphatic carboxylic acids is 1. The van der Waals surface area contributed by atoms with Gasteiger partial charge in [0.15, 0.2) is 0 Å². The summed E-state index contributed by atoms with van der Waals surface area (Å²) in [6.45, 7) is 4.20. The lowest BCUT2D eigenvalue weighted by Crippen LogP contribution is -2.25. The maximum atomic E-state index is 13.2. The predicted octanol–water partition coefficient (Wildman–Crippen LogP) is 2.70. The molecule has 32 heavy (non-hydrogen) atoms. The van der Waals surface area contributed by atoms with E-state index < -0.39 is 18.0 Å². The van der Waals surface area contributed by atoms with Gasteiger partial charge in [-0.15, -0.1) is 0 Å². The number of carboxylic acid groups (broad SMARTS) is 1. The molecule has 0 aliphatic carbocycles. The third kappa shape index (κ3) is 3.78. The number of esters is 1. The minimum absolute atomic E-state index is 0.0969. The summed E-state index contributed by atoms with van der Waals surface area (Å²) in [6.07, 6.45) is 0.00476. The molecule has 0 amide bonds. The van der Waals surface area contributed by atoms with E-state index in [-0.39, 0.29) is 24.9 Å². The van der Waals surface area contributed by atoms with E-state index in [9.17, 15) is 19.5 Å². The maximum absolute atomic E-state index is 13.2. The van der Waals surface area contributed by atoms with E-state index in [2.05, 4.69) is 0 Å². The summed E-state index contributed by atoms with van der Waals surface area (Å²) in [4.78, 5) is 41.2. The second-order valence-corrected chi connectivity index (χ2v) is 7.98. The van der Waals surface area contributed by atoms with Gasteiger partial charge in [-0.25, -0.2) is 4.98 Å². The van der Waals surface area contributed by atoms with E-state index in [0.29, 0.717) is 46.6 Å². The zero-order valence-corrected chi connectivity index (χ0v) is 18.1. The number of hydrogen-bond donors (Lipinski definition) is 2. The molecule has 0 radical (unpaired) electrons. The molecule has 1 aliphatic heterocycles. The Morgan fingerprint density at radius 2 is 2.09 bits per heavy atom. The second kappa shape index (κ2) is 8.55. The first kappa shape index (κ1) is 21.7. The lowest BCUT2D eigenvalue weighted by atomic mass is 10.00. The molecule has 0 fully saturated rings. The number of carbonyl (C=O) groups excluding carboxylic acids is 1. The van der Waals surface area contributed by atoms with Gasteiger partial charge in [-0.1, -0.05) is 19.1 Å². The monoisotopic (exact) mass is 435 g/mol. The summed E-state index contributed by atoms with van der Waals surface area (Å²) in [5.74, 6) is -1.30. The van der Waals surface area contributed by atoms with Gasteiger partial charge in [-0.2, -0.15) is 0 Å². The van der Waals surface area contributed by atoms with Gasteiger partial charge >= 0.3 is 11.9 Å². The van der Waals surface area contributed by atoms with Crippen LogP contribution in [0.4, 0.5) is 0 Å². The molecule has 0 saturated heterocycles. The van der Waals surface area contributed by atoms with Gasteiger partial charge in [0, 0.05) is 28.6 Å². The number of carbonyl (C=O) groups is 2. The second-order valence-electron chi connectivity index (χ2n) is 7.98. The summed E-state index contributed by atoms with van der Waals surface area (Å²) in [6, 6.07) is 9.21. The fraction of sp³-hybridized carbons (Fsp3) is 0.333. The summed E-state index contributed by atoms with van der Waals surface area (Å²) in [7, 11) is 0. The number of fused-ring (bicyclic) bond motifs is 4. The number of carboxylic acids is 1. The van der Waals surface area contributed by atoms with Crippen molar-refractivity contribution >= 4 is 22.8 Å². The quantitative estimate of drug-likeness (QED) is 0.428. The van der Waals surface area contributed by atoms with Crippen molar-refractivity contribution in [3.8, 4) is 11.4 Å². The third-order valence-electron chi connectivity index (χ3n) is 5.86. The zero-order valence-electron chi connectivity index (χ0n) is 18.1. The zero-order chi connectivity index (χ0) is 23.0. The van der Waals surface area contributed by atoms with Gasteiger partial charge in [0.05, 0.1) is 36.3 Å². The Morgan fingerprint density at radius 3 is 2.78 bits per heavy atom. The van der Waals surface area contributed by atoms with Crippen LogP contribution in [0.1, 0.15) is 48.1 Å². The van der Waals surface area contributed by atoms with E-state index in [1.54, 1.807) is 23.6 Å².